The second kappa shape index (κ2) is 8.83. The van der Waals surface area contributed by atoms with Crippen molar-refractivity contribution >= 4 is 34.0 Å². The maximum absolute atomic E-state index is 12.0. The molecule has 0 saturated carbocycles. The maximum atomic E-state index is 12.0. The summed E-state index contributed by atoms with van der Waals surface area (Å²) in [5.41, 5.74) is 3.12. The Morgan fingerprint density at radius 3 is 2.62 bits per heavy atom. The van der Waals surface area contributed by atoms with Gasteiger partial charge in [0.25, 0.3) is 0 Å². The van der Waals surface area contributed by atoms with E-state index in [1.807, 2.05) is 48.7 Å². The number of rotatable bonds is 7. The van der Waals surface area contributed by atoms with E-state index in [-0.39, 0.29) is 5.91 Å². The Morgan fingerprint density at radius 2 is 1.88 bits per heavy atom. The number of nitrogens with one attached hydrogen (secondary N) is 1. The lowest BCUT2D eigenvalue weighted by Crippen LogP contribution is -2.12. The summed E-state index contributed by atoms with van der Waals surface area (Å²) in [7, 11) is 0. The topological polar surface area (TPSA) is 51.2 Å². The van der Waals surface area contributed by atoms with Crippen LogP contribution in [-0.4, -0.2) is 17.5 Å². The standard InChI is InChI=1S/C20H19ClN2O2S/c1-14-4-6-15(7-5-14)18-13-26-20(22-18)23-19(24)3-2-12-25-17-10-8-16(21)9-11-17/h4-11,13H,2-3,12H2,1H3,(H,22,23,24). The second-order valence-corrected chi connectivity index (χ2v) is 7.15. The molecule has 0 aliphatic rings. The van der Waals surface area contributed by atoms with Gasteiger partial charge in [-0.3, -0.25) is 4.79 Å². The van der Waals surface area contributed by atoms with E-state index in [2.05, 4.69) is 10.3 Å². The number of aryl methyl sites for hydroxylation is 1. The van der Waals surface area contributed by atoms with Crippen molar-refractivity contribution in [3.8, 4) is 17.0 Å². The van der Waals surface area contributed by atoms with Gasteiger partial charge in [-0.15, -0.1) is 11.3 Å². The number of ether oxygens (including phenoxy) is 1. The molecule has 3 rings (SSSR count). The second-order valence-electron chi connectivity index (χ2n) is 5.86. The molecule has 0 atom stereocenters. The molecule has 26 heavy (non-hydrogen) atoms. The number of benzene rings is 2. The quantitative estimate of drug-likeness (QED) is 0.540. The molecule has 0 saturated heterocycles. The molecule has 3 aromatic rings. The van der Waals surface area contributed by atoms with E-state index in [0.717, 1.165) is 17.0 Å². The molecule has 134 valence electrons. The van der Waals surface area contributed by atoms with Gasteiger partial charge >= 0.3 is 0 Å². The monoisotopic (exact) mass is 386 g/mol. The molecule has 0 radical (unpaired) electrons. The van der Waals surface area contributed by atoms with E-state index in [9.17, 15) is 4.79 Å². The van der Waals surface area contributed by atoms with E-state index in [4.69, 9.17) is 16.3 Å². The van der Waals surface area contributed by atoms with E-state index in [1.54, 1.807) is 12.1 Å². The van der Waals surface area contributed by atoms with Crippen LogP contribution in [0.15, 0.2) is 53.9 Å². The number of anilines is 1. The van der Waals surface area contributed by atoms with Crippen molar-refractivity contribution in [1.29, 1.82) is 0 Å². The third-order valence-electron chi connectivity index (χ3n) is 3.73. The minimum Gasteiger partial charge on any atom is -0.494 e. The summed E-state index contributed by atoms with van der Waals surface area (Å²) in [6.45, 7) is 2.52. The summed E-state index contributed by atoms with van der Waals surface area (Å²) in [6.07, 6.45) is 1.01. The molecule has 4 nitrogen and oxygen atoms in total. The van der Waals surface area contributed by atoms with Crippen LogP contribution in [0.4, 0.5) is 5.13 Å². The van der Waals surface area contributed by atoms with Gasteiger partial charge in [0.1, 0.15) is 5.75 Å². The van der Waals surface area contributed by atoms with Crippen molar-refractivity contribution < 1.29 is 9.53 Å². The highest BCUT2D eigenvalue weighted by atomic mass is 35.5. The largest absolute Gasteiger partial charge is 0.494 e. The van der Waals surface area contributed by atoms with Crippen molar-refractivity contribution in [1.82, 2.24) is 4.98 Å². The van der Waals surface area contributed by atoms with Crippen LogP contribution in [0.1, 0.15) is 18.4 Å². The summed E-state index contributed by atoms with van der Waals surface area (Å²) >= 11 is 7.25. The van der Waals surface area contributed by atoms with Crippen molar-refractivity contribution in [2.75, 3.05) is 11.9 Å². The Labute approximate surface area is 161 Å². The van der Waals surface area contributed by atoms with Gasteiger partial charge in [0.2, 0.25) is 5.91 Å². The van der Waals surface area contributed by atoms with Crippen LogP contribution in [0.25, 0.3) is 11.3 Å². The first kappa shape index (κ1) is 18.4. The van der Waals surface area contributed by atoms with Crippen LogP contribution < -0.4 is 10.1 Å². The fraction of sp³-hybridized carbons (Fsp3) is 0.200. The summed E-state index contributed by atoms with van der Waals surface area (Å²) in [5, 5.41) is 6.08. The zero-order valence-corrected chi connectivity index (χ0v) is 15.9. The van der Waals surface area contributed by atoms with Gasteiger partial charge in [-0.05, 0) is 37.6 Å². The first-order valence-electron chi connectivity index (χ1n) is 8.31. The minimum atomic E-state index is -0.0606. The van der Waals surface area contributed by atoms with Crippen molar-refractivity contribution in [3.63, 3.8) is 0 Å². The average molecular weight is 387 g/mol. The number of halogens is 1. The lowest BCUT2D eigenvalue weighted by Gasteiger charge is -2.06. The lowest BCUT2D eigenvalue weighted by molar-refractivity contribution is -0.116. The SMILES string of the molecule is Cc1ccc(-c2csc(NC(=O)CCCOc3ccc(Cl)cc3)n2)cc1. The molecule has 1 amide bonds. The fourth-order valence-electron chi connectivity index (χ4n) is 2.32. The molecule has 0 spiro atoms. The normalized spacial score (nSPS) is 10.5. The highest BCUT2D eigenvalue weighted by Gasteiger charge is 2.08. The Balaban J connectivity index is 1.43. The highest BCUT2D eigenvalue weighted by molar-refractivity contribution is 7.14. The Hall–Kier alpha value is -2.37. The Morgan fingerprint density at radius 1 is 1.15 bits per heavy atom. The highest BCUT2D eigenvalue weighted by Crippen LogP contribution is 2.25. The van der Waals surface area contributed by atoms with Gasteiger partial charge in [-0.2, -0.15) is 0 Å². The molecule has 6 heteroatoms. The van der Waals surface area contributed by atoms with Crippen LogP contribution in [-0.2, 0) is 4.79 Å². The predicted molar refractivity (Wildman–Crippen MR) is 107 cm³/mol. The van der Waals surface area contributed by atoms with Gasteiger partial charge < -0.3 is 10.1 Å². The van der Waals surface area contributed by atoms with Gasteiger partial charge in [0.15, 0.2) is 5.13 Å². The average Bonchev–Trinajstić information content (AvgIpc) is 3.09. The smallest absolute Gasteiger partial charge is 0.226 e. The number of thiazole rings is 1. The minimum absolute atomic E-state index is 0.0606. The Bertz CT molecular complexity index is 860. The molecule has 2 aromatic carbocycles. The van der Waals surface area contributed by atoms with Crippen LogP contribution in [0.5, 0.6) is 5.75 Å². The molecular formula is C20H19ClN2O2S. The number of hydrogen-bond acceptors (Lipinski definition) is 4. The Kier molecular flexibility index (Phi) is 6.26. The van der Waals surface area contributed by atoms with Crippen LogP contribution in [0, 0.1) is 6.92 Å². The number of carbonyl (C=O) groups is 1. The fourth-order valence-corrected chi connectivity index (χ4v) is 3.19. The zero-order chi connectivity index (χ0) is 18.4. The van der Waals surface area contributed by atoms with E-state index in [0.29, 0.717) is 29.6 Å². The van der Waals surface area contributed by atoms with E-state index >= 15 is 0 Å². The summed E-state index contributed by atoms with van der Waals surface area (Å²) in [6, 6.07) is 15.3. The van der Waals surface area contributed by atoms with E-state index in [1.165, 1.54) is 16.9 Å². The number of amides is 1. The third-order valence-corrected chi connectivity index (χ3v) is 4.74. The molecule has 0 unspecified atom stereocenters. The van der Waals surface area contributed by atoms with Crippen LogP contribution in [0.2, 0.25) is 5.02 Å². The first-order chi connectivity index (χ1) is 12.6. The maximum Gasteiger partial charge on any atom is 0.226 e. The molecule has 0 bridgehead atoms. The van der Waals surface area contributed by atoms with E-state index < -0.39 is 0 Å². The molecule has 1 heterocycles. The van der Waals surface area contributed by atoms with Crippen molar-refractivity contribution in [2.45, 2.75) is 19.8 Å². The molecule has 0 fully saturated rings. The van der Waals surface area contributed by atoms with Crippen molar-refractivity contribution in [2.24, 2.45) is 0 Å². The number of aromatic nitrogens is 1. The number of carbonyl (C=O) groups excluding carboxylic acids is 1. The summed E-state index contributed by atoms with van der Waals surface area (Å²) in [5.74, 6) is 0.687. The zero-order valence-electron chi connectivity index (χ0n) is 14.4. The van der Waals surface area contributed by atoms with Crippen molar-refractivity contribution in [3.05, 3.63) is 64.5 Å². The number of nitrogens with zero attached hydrogens (tertiary/aromatic N) is 1. The van der Waals surface area contributed by atoms with Crippen LogP contribution in [0.3, 0.4) is 0 Å². The van der Waals surface area contributed by atoms with Gasteiger partial charge in [-0.1, -0.05) is 41.4 Å². The summed E-state index contributed by atoms with van der Waals surface area (Å²) < 4.78 is 5.58. The molecule has 1 aromatic heterocycles. The first-order valence-corrected chi connectivity index (χ1v) is 9.57. The molecule has 0 aliphatic heterocycles. The van der Waals surface area contributed by atoms with Gasteiger partial charge in [0, 0.05) is 22.4 Å². The predicted octanol–water partition coefficient (Wildman–Crippen LogP) is 5.57. The molecular weight excluding hydrogens is 368 g/mol. The lowest BCUT2D eigenvalue weighted by atomic mass is 10.1. The summed E-state index contributed by atoms with van der Waals surface area (Å²) in [4.78, 5) is 16.5. The van der Waals surface area contributed by atoms with Gasteiger partial charge in [-0.25, -0.2) is 4.98 Å². The molecule has 0 aliphatic carbocycles. The van der Waals surface area contributed by atoms with Gasteiger partial charge in [0.05, 0.1) is 12.3 Å². The van der Waals surface area contributed by atoms with Crippen LogP contribution >= 0.6 is 22.9 Å². The number of hydrogen-bond donors (Lipinski definition) is 1. The third kappa shape index (κ3) is 5.31. The molecule has 1 N–H and O–H groups in total.